The third kappa shape index (κ3) is 5.33. The highest BCUT2D eigenvalue weighted by Crippen LogP contribution is 2.52. The molecule has 0 bridgehead atoms. The average molecular weight is 566 g/mol. The maximum absolute atomic E-state index is 12.3. The number of carbonyl (C=O) groups excluding carboxylic acids is 1. The Morgan fingerprint density at radius 1 is 1.30 bits per heavy atom. The number of esters is 1. The van der Waals surface area contributed by atoms with E-state index >= 15 is 0 Å². The van der Waals surface area contributed by atoms with Crippen molar-refractivity contribution in [2.24, 2.45) is 0 Å². The summed E-state index contributed by atoms with van der Waals surface area (Å²) in [5.41, 5.74) is 0.213. The fourth-order valence-electron chi connectivity index (χ4n) is 4.46. The molecule has 0 radical (unpaired) electrons. The van der Waals surface area contributed by atoms with Crippen molar-refractivity contribution in [2.75, 3.05) is 25.1 Å². The highest BCUT2D eigenvalue weighted by Gasteiger charge is 2.58. The van der Waals surface area contributed by atoms with Gasteiger partial charge < -0.3 is 44.6 Å². The largest absolute Gasteiger partial charge is 0.463 e. The number of hydrogen-bond acceptors (Lipinski definition) is 12. The van der Waals surface area contributed by atoms with E-state index < -0.39 is 56.7 Å². The van der Waals surface area contributed by atoms with Crippen molar-refractivity contribution in [1.82, 2.24) is 19.7 Å². The van der Waals surface area contributed by atoms with Crippen LogP contribution in [0.3, 0.4) is 0 Å². The fourth-order valence-corrected chi connectivity index (χ4v) is 5.35. The predicted molar refractivity (Wildman–Crippen MR) is 127 cm³/mol. The van der Waals surface area contributed by atoms with Crippen LogP contribution in [0.1, 0.15) is 38.8 Å². The molecular weight excluding hydrogens is 537 g/mol. The first-order valence-electron chi connectivity index (χ1n) is 11.7. The molecule has 1 unspecified atom stereocenters. The van der Waals surface area contributed by atoms with E-state index in [1.807, 2.05) is 0 Å². The minimum absolute atomic E-state index is 0.0773. The molecule has 0 spiro atoms. The summed E-state index contributed by atoms with van der Waals surface area (Å²) in [4.78, 5) is 40.2. The standard InChI is InChI=1S/C20H29ClN5O10P/c1-2-34-18(30)20(9-27,37(31,32)33)35-8-12-13(28)14(29)17(36-12)26-16-11(7-22-26)15(24-19(21)25-16)23-10-5-3-4-6-10/h7,10,12-14,17,27-29H,2-6,8-9H2,1H3,(H,23,24,25)(H2,31,32,33)/t12-,13-,14-,17-,20?/m1/s1. The quantitative estimate of drug-likeness (QED) is 0.126. The fraction of sp³-hybridized carbons (Fsp3) is 0.700. The maximum Gasteiger partial charge on any atom is 0.371 e. The first kappa shape index (κ1) is 28.1. The van der Waals surface area contributed by atoms with Gasteiger partial charge in [-0.25, -0.2) is 9.48 Å². The second-order valence-electron chi connectivity index (χ2n) is 8.86. The molecule has 0 amide bonds. The second kappa shape index (κ2) is 11.0. The van der Waals surface area contributed by atoms with Crippen LogP contribution in [0.4, 0.5) is 5.82 Å². The van der Waals surface area contributed by atoms with Crippen molar-refractivity contribution in [3.8, 4) is 0 Å². The number of anilines is 1. The lowest BCUT2D eigenvalue weighted by Gasteiger charge is -2.31. The number of aliphatic hydroxyl groups excluding tert-OH is 3. The van der Waals surface area contributed by atoms with E-state index in [4.69, 9.17) is 21.1 Å². The molecule has 1 saturated heterocycles. The zero-order chi connectivity index (χ0) is 27.0. The average Bonchev–Trinajstić information content (AvgIpc) is 3.55. The Labute approximate surface area is 215 Å². The molecule has 1 aliphatic heterocycles. The first-order chi connectivity index (χ1) is 17.5. The van der Waals surface area contributed by atoms with Gasteiger partial charge >= 0.3 is 13.6 Å². The third-order valence-corrected chi connectivity index (χ3v) is 8.03. The zero-order valence-electron chi connectivity index (χ0n) is 19.8. The van der Waals surface area contributed by atoms with Gasteiger partial charge in [0.15, 0.2) is 11.9 Å². The third-order valence-electron chi connectivity index (χ3n) is 6.47. The topological polar surface area (TPSA) is 219 Å². The van der Waals surface area contributed by atoms with Crippen LogP contribution in [0.2, 0.25) is 5.28 Å². The van der Waals surface area contributed by atoms with E-state index in [-0.39, 0.29) is 23.6 Å². The zero-order valence-corrected chi connectivity index (χ0v) is 21.5. The van der Waals surface area contributed by atoms with Gasteiger partial charge in [0.25, 0.3) is 5.34 Å². The molecule has 1 aliphatic carbocycles. The number of hydrogen-bond donors (Lipinski definition) is 6. The normalized spacial score (nSPS) is 26.5. The Hall–Kier alpha value is -1.94. The van der Waals surface area contributed by atoms with Gasteiger partial charge in [0.2, 0.25) is 5.28 Å². The van der Waals surface area contributed by atoms with Crippen LogP contribution >= 0.6 is 19.2 Å². The van der Waals surface area contributed by atoms with Gasteiger partial charge in [0.05, 0.1) is 31.4 Å². The lowest BCUT2D eigenvalue weighted by Crippen LogP contribution is -2.48. The first-order valence-corrected chi connectivity index (χ1v) is 13.7. The molecule has 15 nitrogen and oxygen atoms in total. The summed E-state index contributed by atoms with van der Waals surface area (Å²) in [6.07, 6.45) is -0.258. The van der Waals surface area contributed by atoms with Crippen molar-refractivity contribution in [2.45, 2.75) is 68.5 Å². The number of aromatic nitrogens is 4. The van der Waals surface area contributed by atoms with Gasteiger partial charge in [-0.3, -0.25) is 4.57 Å². The van der Waals surface area contributed by atoms with Crippen LogP contribution in [-0.4, -0.2) is 100 Å². The van der Waals surface area contributed by atoms with Crippen LogP contribution in [0.5, 0.6) is 0 Å². The number of ether oxygens (including phenoxy) is 3. The molecule has 1 saturated carbocycles. The van der Waals surface area contributed by atoms with Gasteiger partial charge in [0.1, 0.15) is 24.1 Å². The maximum atomic E-state index is 12.3. The number of nitrogens with zero attached hydrogens (tertiary/aromatic N) is 4. The monoisotopic (exact) mass is 565 g/mol. The molecule has 3 heterocycles. The van der Waals surface area contributed by atoms with Crippen molar-refractivity contribution in [1.29, 1.82) is 0 Å². The summed E-state index contributed by atoms with van der Waals surface area (Å²) >= 11 is 6.14. The molecule has 0 aromatic carbocycles. The SMILES string of the molecule is CCOC(=O)C(CO)(OC[C@H]1O[C@@H](n2ncc3c(NC4CCCC4)nc(Cl)nc32)[C@H](O)[C@@H]1O)P(=O)(O)O. The number of fused-ring (bicyclic) bond motifs is 1. The van der Waals surface area contributed by atoms with Gasteiger partial charge in [-0.1, -0.05) is 12.8 Å². The minimum Gasteiger partial charge on any atom is -0.463 e. The Balaban J connectivity index is 1.57. The predicted octanol–water partition coefficient (Wildman–Crippen LogP) is -0.101. The molecule has 2 aromatic rings. The molecule has 37 heavy (non-hydrogen) atoms. The van der Waals surface area contributed by atoms with E-state index in [0.717, 1.165) is 25.7 Å². The van der Waals surface area contributed by atoms with Crippen molar-refractivity contribution in [3.05, 3.63) is 11.5 Å². The summed E-state index contributed by atoms with van der Waals surface area (Å²) in [5.74, 6) is -1.02. The van der Waals surface area contributed by atoms with Crippen LogP contribution in [0, 0.1) is 0 Å². The molecule has 4 rings (SSSR count). The van der Waals surface area contributed by atoms with E-state index in [1.54, 1.807) is 0 Å². The number of nitrogens with one attached hydrogen (secondary N) is 1. The lowest BCUT2D eigenvalue weighted by atomic mass is 10.1. The molecule has 2 aliphatic rings. The summed E-state index contributed by atoms with van der Waals surface area (Å²) < 4.78 is 28.8. The summed E-state index contributed by atoms with van der Waals surface area (Å²) in [6, 6.07) is 0.217. The Kier molecular flexibility index (Phi) is 8.38. The number of rotatable bonds is 10. The van der Waals surface area contributed by atoms with E-state index in [2.05, 4.69) is 25.1 Å². The van der Waals surface area contributed by atoms with Gasteiger partial charge in [-0.05, 0) is 31.4 Å². The molecule has 2 aromatic heterocycles. The molecule has 5 atom stereocenters. The van der Waals surface area contributed by atoms with Crippen LogP contribution in [-0.2, 0) is 23.6 Å². The highest BCUT2D eigenvalue weighted by atomic mass is 35.5. The Bertz CT molecular complexity index is 1170. The molecule has 206 valence electrons. The highest BCUT2D eigenvalue weighted by molar-refractivity contribution is 7.54. The van der Waals surface area contributed by atoms with Gasteiger partial charge in [0, 0.05) is 6.04 Å². The second-order valence-corrected chi connectivity index (χ2v) is 11.0. The Morgan fingerprint density at radius 3 is 2.62 bits per heavy atom. The van der Waals surface area contributed by atoms with Crippen LogP contribution in [0.25, 0.3) is 11.0 Å². The summed E-state index contributed by atoms with van der Waals surface area (Å²) in [6.45, 7) is -1.02. The van der Waals surface area contributed by atoms with Gasteiger partial charge in [-0.2, -0.15) is 15.1 Å². The summed E-state index contributed by atoms with van der Waals surface area (Å²) in [7, 11) is -5.41. The van der Waals surface area contributed by atoms with Crippen LogP contribution in [0.15, 0.2) is 6.20 Å². The van der Waals surface area contributed by atoms with Crippen LogP contribution < -0.4 is 5.32 Å². The number of halogens is 1. The molecule has 17 heteroatoms. The van der Waals surface area contributed by atoms with Crippen molar-refractivity contribution >= 4 is 42.0 Å². The Morgan fingerprint density at radius 2 is 2.00 bits per heavy atom. The van der Waals surface area contributed by atoms with E-state index in [1.165, 1.54) is 17.8 Å². The smallest absolute Gasteiger partial charge is 0.371 e. The number of aliphatic hydroxyl groups is 3. The minimum atomic E-state index is -5.41. The lowest BCUT2D eigenvalue weighted by molar-refractivity contribution is -0.173. The van der Waals surface area contributed by atoms with Gasteiger partial charge in [-0.15, -0.1) is 0 Å². The summed E-state index contributed by atoms with van der Waals surface area (Å²) in [5, 5.41) is 35.9. The molecule has 2 fully saturated rings. The number of carbonyl (C=O) groups is 1. The molecular formula is C20H29ClN5O10P. The van der Waals surface area contributed by atoms with Crippen molar-refractivity contribution in [3.63, 3.8) is 0 Å². The molecule has 6 N–H and O–H groups in total. The van der Waals surface area contributed by atoms with E-state index in [9.17, 15) is 34.5 Å². The van der Waals surface area contributed by atoms with Crippen molar-refractivity contribution < 1.29 is 48.7 Å². The van der Waals surface area contributed by atoms with E-state index in [0.29, 0.717) is 11.2 Å².